The first-order valence-electron chi connectivity index (χ1n) is 4.71. The minimum atomic E-state index is -0.241. The second-order valence-electron chi connectivity index (χ2n) is 3.37. The zero-order valence-electron chi connectivity index (χ0n) is 8.82. The highest BCUT2D eigenvalue weighted by Crippen LogP contribution is 2.03. The lowest BCUT2D eigenvalue weighted by molar-refractivity contribution is -0.117. The Morgan fingerprint density at radius 1 is 1.21 bits per heavy atom. The molecule has 2 nitrogen and oxygen atoms in total. The van der Waals surface area contributed by atoms with E-state index < -0.39 is 0 Å². The van der Waals surface area contributed by atoms with Crippen molar-refractivity contribution in [2.75, 3.05) is 0 Å². The summed E-state index contributed by atoms with van der Waals surface area (Å²) in [5, 5.41) is 0. The van der Waals surface area contributed by atoms with Crippen molar-refractivity contribution in [3.63, 3.8) is 0 Å². The molecule has 0 aromatic heterocycles. The number of benzene rings is 1. The Kier molecular flexibility index (Phi) is 3.57. The molecule has 0 bridgehead atoms. The number of Topliss-reactive ketones (excluding diaryl/α,β-unsaturated/α-hetero) is 1. The van der Waals surface area contributed by atoms with Crippen LogP contribution in [0.15, 0.2) is 35.3 Å². The number of carbonyl (C=O) groups is 1. The van der Waals surface area contributed by atoms with Crippen LogP contribution < -0.4 is 0 Å². The molecule has 0 saturated carbocycles. The Balaban J connectivity index is 2.85. The van der Waals surface area contributed by atoms with E-state index in [4.69, 9.17) is 0 Å². The Hall–Kier alpha value is -1.44. The van der Waals surface area contributed by atoms with Gasteiger partial charge in [0.1, 0.15) is 6.04 Å². The van der Waals surface area contributed by atoms with Gasteiger partial charge < -0.3 is 0 Å². The molecule has 1 unspecified atom stereocenters. The van der Waals surface area contributed by atoms with E-state index in [1.807, 2.05) is 44.2 Å². The molecule has 0 radical (unpaired) electrons. The van der Waals surface area contributed by atoms with Crippen LogP contribution in [0.3, 0.4) is 0 Å². The molecule has 14 heavy (non-hydrogen) atoms. The SMILES string of the molecule is CC(=O)C(C)N=C(C)c1ccccc1. The van der Waals surface area contributed by atoms with Gasteiger partial charge in [-0.3, -0.25) is 9.79 Å². The third-order valence-electron chi connectivity index (χ3n) is 2.17. The van der Waals surface area contributed by atoms with Gasteiger partial charge in [-0.2, -0.15) is 0 Å². The molecule has 0 amide bonds. The fraction of sp³-hybridized carbons (Fsp3) is 0.333. The standard InChI is InChI=1S/C12H15NO/c1-9(11(3)14)13-10(2)12-7-5-4-6-8-12/h4-9H,1-3H3. The topological polar surface area (TPSA) is 29.4 Å². The lowest BCUT2D eigenvalue weighted by Gasteiger charge is -2.04. The van der Waals surface area contributed by atoms with Crippen LogP contribution in [-0.4, -0.2) is 17.5 Å². The van der Waals surface area contributed by atoms with Gasteiger partial charge in [-0.05, 0) is 26.3 Å². The Morgan fingerprint density at radius 2 is 1.79 bits per heavy atom. The fourth-order valence-corrected chi connectivity index (χ4v) is 1.14. The monoisotopic (exact) mass is 189 g/mol. The summed E-state index contributed by atoms with van der Waals surface area (Å²) in [5.41, 5.74) is 1.98. The van der Waals surface area contributed by atoms with Crippen LogP contribution in [0.1, 0.15) is 26.3 Å². The Bertz CT molecular complexity index is 341. The zero-order chi connectivity index (χ0) is 10.6. The Morgan fingerprint density at radius 3 is 2.29 bits per heavy atom. The van der Waals surface area contributed by atoms with E-state index in [9.17, 15) is 4.79 Å². The molecule has 0 N–H and O–H groups in total. The summed E-state index contributed by atoms with van der Waals surface area (Å²) >= 11 is 0. The summed E-state index contributed by atoms with van der Waals surface area (Å²) < 4.78 is 0. The lowest BCUT2D eigenvalue weighted by atomic mass is 10.1. The maximum Gasteiger partial charge on any atom is 0.153 e. The summed E-state index contributed by atoms with van der Waals surface area (Å²) in [6.07, 6.45) is 0. The third kappa shape index (κ3) is 2.80. The maximum absolute atomic E-state index is 11.0. The van der Waals surface area contributed by atoms with Crippen LogP contribution >= 0.6 is 0 Å². The minimum absolute atomic E-state index is 0.0975. The summed E-state index contributed by atoms with van der Waals surface area (Å²) in [4.78, 5) is 15.3. The van der Waals surface area contributed by atoms with E-state index in [1.165, 1.54) is 0 Å². The van der Waals surface area contributed by atoms with Gasteiger partial charge in [-0.15, -0.1) is 0 Å². The van der Waals surface area contributed by atoms with Crippen LogP contribution in [0.25, 0.3) is 0 Å². The number of hydrogen-bond donors (Lipinski definition) is 0. The van der Waals surface area contributed by atoms with Crippen molar-refractivity contribution in [2.45, 2.75) is 26.8 Å². The largest absolute Gasteiger partial charge is 0.298 e. The molecule has 0 aliphatic rings. The molecule has 0 saturated heterocycles. The first kappa shape index (κ1) is 10.6. The van der Waals surface area contributed by atoms with Crippen molar-refractivity contribution in [2.24, 2.45) is 4.99 Å². The molecule has 2 heteroatoms. The first-order valence-corrected chi connectivity index (χ1v) is 4.71. The van der Waals surface area contributed by atoms with E-state index >= 15 is 0 Å². The number of hydrogen-bond acceptors (Lipinski definition) is 2. The number of rotatable bonds is 3. The molecular weight excluding hydrogens is 174 g/mol. The van der Waals surface area contributed by atoms with Gasteiger partial charge in [0.2, 0.25) is 0 Å². The average Bonchev–Trinajstić information content (AvgIpc) is 2.19. The first-order chi connectivity index (χ1) is 6.61. The second-order valence-corrected chi connectivity index (χ2v) is 3.37. The molecule has 1 atom stereocenters. The second kappa shape index (κ2) is 4.70. The number of ketones is 1. The zero-order valence-corrected chi connectivity index (χ0v) is 8.82. The fourth-order valence-electron chi connectivity index (χ4n) is 1.14. The van der Waals surface area contributed by atoms with E-state index in [0.717, 1.165) is 11.3 Å². The molecule has 0 spiro atoms. The van der Waals surface area contributed by atoms with Gasteiger partial charge in [0.15, 0.2) is 5.78 Å². The van der Waals surface area contributed by atoms with Gasteiger partial charge in [0, 0.05) is 5.71 Å². The van der Waals surface area contributed by atoms with Crippen molar-refractivity contribution in [3.8, 4) is 0 Å². The van der Waals surface area contributed by atoms with Crippen LogP contribution in [0.2, 0.25) is 0 Å². The maximum atomic E-state index is 11.0. The molecule has 0 heterocycles. The predicted octanol–water partition coefficient (Wildman–Crippen LogP) is 2.47. The third-order valence-corrected chi connectivity index (χ3v) is 2.17. The molecule has 1 aromatic carbocycles. The molecule has 1 aromatic rings. The van der Waals surface area contributed by atoms with Gasteiger partial charge >= 0.3 is 0 Å². The Labute approximate surface area is 84.7 Å². The van der Waals surface area contributed by atoms with Crippen LogP contribution in [0.5, 0.6) is 0 Å². The molecule has 1 rings (SSSR count). The van der Waals surface area contributed by atoms with E-state index in [2.05, 4.69) is 4.99 Å². The summed E-state index contributed by atoms with van der Waals surface area (Å²) in [6, 6.07) is 9.64. The van der Waals surface area contributed by atoms with Crippen molar-refractivity contribution >= 4 is 11.5 Å². The van der Waals surface area contributed by atoms with Gasteiger partial charge in [-0.25, -0.2) is 0 Å². The van der Waals surface area contributed by atoms with Crippen LogP contribution in [0.4, 0.5) is 0 Å². The van der Waals surface area contributed by atoms with Crippen molar-refractivity contribution in [1.29, 1.82) is 0 Å². The molecule has 74 valence electrons. The van der Waals surface area contributed by atoms with E-state index in [0.29, 0.717) is 0 Å². The highest BCUT2D eigenvalue weighted by Gasteiger charge is 2.05. The summed E-state index contributed by atoms with van der Waals surface area (Å²) in [7, 11) is 0. The molecule has 0 aliphatic carbocycles. The minimum Gasteiger partial charge on any atom is -0.298 e. The highest BCUT2D eigenvalue weighted by atomic mass is 16.1. The van der Waals surface area contributed by atoms with Gasteiger partial charge in [0.05, 0.1) is 0 Å². The smallest absolute Gasteiger partial charge is 0.153 e. The lowest BCUT2D eigenvalue weighted by Crippen LogP contribution is -2.12. The number of aliphatic imine (C=N–C) groups is 1. The number of carbonyl (C=O) groups excluding carboxylic acids is 1. The molecule has 0 fully saturated rings. The molecule has 0 aliphatic heterocycles. The van der Waals surface area contributed by atoms with E-state index in [1.54, 1.807) is 6.92 Å². The quantitative estimate of drug-likeness (QED) is 0.672. The van der Waals surface area contributed by atoms with Crippen molar-refractivity contribution in [1.82, 2.24) is 0 Å². The molecular formula is C12H15NO. The normalized spacial score (nSPS) is 13.8. The van der Waals surface area contributed by atoms with Crippen LogP contribution in [0, 0.1) is 0 Å². The summed E-state index contributed by atoms with van der Waals surface area (Å²) in [6.45, 7) is 5.30. The summed E-state index contributed by atoms with van der Waals surface area (Å²) in [5.74, 6) is 0.0975. The van der Waals surface area contributed by atoms with E-state index in [-0.39, 0.29) is 11.8 Å². The highest BCUT2D eigenvalue weighted by molar-refractivity contribution is 6.00. The number of nitrogens with zero attached hydrogens (tertiary/aromatic N) is 1. The van der Waals surface area contributed by atoms with Crippen molar-refractivity contribution in [3.05, 3.63) is 35.9 Å². The van der Waals surface area contributed by atoms with Gasteiger partial charge in [0.25, 0.3) is 0 Å². The van der Waals surface area contributed by atoms with Crippen molar-refractivity contribution < 1.29 is 4.79 Å². The predicted molar refractivity (Wildman–Crippen MR) is 58.8 cm³/mol. The van der Waals surface area contributed by atoms with Crippen LogP contribution in [-0.2, 0) is 4.79 Å². The van der Waals surface area contributed by atoms with Gasteiger partial charge in [-0.1, -0.05) is 30.3 Å². The average molecular weight is 189 g/mol.